The summed E-state index contributed by atoms with van der Waals surface area (Å²) in [6, 6.07) is 11.4. The third-order valence-electron chi connectivity index (χ3n) is 3.98. The minimum atomic E-state index is -0.00596. The van der Waals surface area contributed by atoms with Gasteiger partial charge in [-0.25, -0.2) is 0 Å². The van der Waals surface area contributed by atoms with E-state index in [0.29, 0.717) is 13.2 Å². The molecule has 0 aliphatic heterocycles. The molecule has 1 aromatic heterocycles. The van der Waals surface area contributed by atoms with Gasteiger partial charge in [-0.2, -0.15) is 0 Å². The Morgan fingerprint density at radius 1 is 1.29 bits per heavy atom. The second-order valence-corrected chi connectivity index (χ2v) is 5.44. The van der Waals surface area contributed by atoms with Gasteiger partial charge in [-0.3, -0.25) is 4.79 Å². The Bertz CT molecular complexity index is 678. The van der Waals surface area contributed by atoms with Crippen LogP contribution in [0.1, 0.15) is 30.0 Å². The standard InChI is InChI=1S/C17H20N2O2/c18-16-5-3-4-13-7-8-14(12-15(13)16)21-11-10-19-9-2-1-6-17(19)20/h1-2,6-9,12,16H,3-5,10-11,18H2. The first-order valence-corrected chi connectivity index (χ1v) is 7.41. The lowest BCUT2D eigenvalue weighted by Gasteiger charge is -2.22. The van der Waals surface area contributed by atoms with Gasteiger partial charge in [-0.1, -0.05) is 12.1 Å². The Morgan fingerprint density at radius 2 is 2.19 bits per heavy atom. The molecule has 3 rings (SSSR count). The van der Waals surface area contributed by atoms with E-state index in [1.165, 1.54) is 11.1 Å². The highest BCUT2D eigenvalue weighted by molar-refractivity contribution is 5.39. The number of hydrogen-bond acceptors (Lipinski definition) is 3. The summed E-state index contributed by atoms with van der Waals surface area (Å²) in [6.07, 6.45) is 5.07. The first-order chi connectivity index (χ1) is 10.2. The van der Waals surface area contributed by atoms with Crippen molar-refractivity contribution in [1.29, 1.82) is 0 Å². The third-order valence-corrected chi connectivity index (χ3v) is 3.98. The summed E-state index contributed by atoms with van der Waals surface area (Å²) in [4.78, 5) is 11.6. The summed E-state index contributed by atoms with van der Waals surface area (Å²) < 4.78 is 7.41. The first kappa shape index (κ1) is 13.9. The second kappa shape index (κ2) is 6.14. The molecule has 21 heavy (non-hydrogen) atoms. The smallest absolute Gasteiger partial charge is 0.250 e. The van der Waals surface area contributed by atoms with Gasteiger partial charge in [0.25, 0.3) is 5.56 Å². The molecule has 0 amide bonds. The van der Waals surface area contributed by atoms with Gasteiger partial charge in [0.1, 0.15) is 12.4 Å². The van der Waals surface area contributed by atoms with Crippen LogP contribution < -0.4 is 16.0 Å². The molecule has 1 atom stereocenters. The van der Waals surface area contributed by atoms with Gasteiger partial charge in [0.2, 0.25) is 0 Å². The fourth-order valence-corrected chi connectivity index (χ4v) is 2.81. The lowest BCUT2D eigenvalue weighted by Crippen LogP contribution is -2.21. The molecule has 1 heterocycles. The van der Waals surface area contributed by atoms with Gasteiger partial charge in [-0.15, -0.1) is 0 Å². The topological polar surface area (TPSA) is 57.2 Å². The number of hydrogen-bond donors (Lipinski definition) is 1. The van der Waals surface area contributed by atoms with Gasteiger partial charge in [-0.05, 0) is 48.6 Å². The van der Waals surface area contributed by atoms with Crippen LogP contribution in [0.4, 0.5) is 0 Å². The molecule has 2 N–H and O–H groups in total. The van der Waals surface area contributed by atoms with Gasteiger partial charge in [0.05, 0.1) is 6.54 Å². The molecule has 2 aromatic rings. The van der Waals surface area contributed by atoms with Gasteiger partial charge < -0.3 is 15.0 Å². The van der Waals surface area contributed by atoms with E-state index in [4.69, 9.17) is 10.5 Å². The van der Waals surface area contributed by atoms with Crippen molar-refractivity contribution in [3.63, 3.8) is 0 Å². The van der Waals surface area contributed by atoms with E-state index in [1.807, 2.05) is 18.2 Å². The van der Waals surface area contributed by atoms with Crippen LogP contribution >= 0.6 is 0 Å². The van der Waals surface area contributed by atoms with Crippen LogP contribution in [0.5, 0.6) is 5.75 Å². The number of nitrogens with zero attached hydrogens (tertiary/aromatic N) is 1. The lowest BCUT2D eigenvalue weighted by atomic mass is 9.88. The second-order valence-electron chi connectivity index (χ2n) is 5.44. The molecule has 1 aromatic carbocycles. The van der Waals surface area contributed by atoms with Crippen molar-refractivity contribution in [3.05, 3.63) is 64.1 Å². The van der Waals surface area contributed by atoms with Crippen LogP contribution in [0.25, 0.3) is 0 Å². The fraction of sp³-hybridized carbons (Fsp3) is 0.353. The van der Waals surface area contributed by atoms with Crippen molar-refractivity contribution in [2.45, 2.75) is 31.8 Å². The molecule has 1 unspecified atom stereocenters. The predicted molar refractivity (Wildman–Crippen MR) is 82.5 cm³/mol. The molecular formula is C17H20N2O2. The maximum Gasteiger partial charge on any atom is 0.250 e. The Kier molecular flexibility index (Phi) is 4.06. The van der Waals surface area contributed by atoms with Crippen molar-refractivity contribution >= 4 is 0 Å². The molecule has 4 nitrogen and oxygen atoms in total. The number of ether oxygens (including phenoxy) is 1. The molecule has 4 heteroatoms. The van der Waals surface area contributed by atoms with Gasteiger partial charge >= 0.3 is 0 Å². The van der Waals surface area contributed by atoms with E-state index in [-0.39, 0.29) is 11.6 Å². The number of fused-ring (bicyclic) bond motifs is 1. The Labute approximate surface area is 124 Å². The van der Waals surface area contributed by atoms with E-state index in [2.05, 4.69) is 6.07 Å². The summed E-state index contributed by atoms with van der Waals surface area (Å²) >= 11 is 0. The van der Waals surface area contributed by atoms with Crippen LogP contribution in [-0.4, -0.2) is 11.2 Å². The Balaban J connectivity index is 1.65. The van der Waals surface area contributed by atoms with Gasteiger partial charge in [0, 0.05) is 18.3 Å². The lowest BCUT2D eigenvalue weighted by molar-refractivity contribution is 0.295. The number of aromatic nitrogens is 1. The highest BCUT2D eigenvalue weighted by Crippen LogP contribution is 2.30. The molecule has 0 fully saturated rings. The summed E-state index contributed by atoms with van der Waals surface area (Å²) in [5.41, 5.74) is 8.69. The van der Waals surface area contributed by atoms with Crippen LogP contribution in [0.15, 0.2) is 47.4 Å². The summed E-state index contributed by atoms with van der Waals surface area (Å²) in [7, 11) is 0. The largest absolute Gasteiger partial charge is 0.492 e. The number of benzene rings is 1. The first-order valence-electron chi connectivity index (χ1n) is 7.41. The Morgan fingerprint density at radius 3 is 3.05 bits per heavy atom. The summed E-state index contributed by atoms with van der Waals surface area (Å²) in [5.74, 6) is 0.829. The van der Waals surface area contributed by atoms with Crippen molar-refractivity contribution in [2.24, 2.45) is 5.73 Å². The minimum absolute atomic E-state index is 0.00596. The number of aryl methyl sites for hydroxylation is 1. The number of nitrogens with two attached hydrogens (primary N) is 1. The van der Waals surface area contributed by atoms with Crippen LogP contribution in [0.2, 0.25) is 0 Å². The minimum Gasteiger partial charge on any atom is -0.492 e. The fourth-order valence-electron chi connectivity index (χ4n) is 2.81. The summed E-state index contributed by atoms with van der Waals surface area (Å²) in [6.45, 7) is 1.01. The van der Waals surface area contributed by atoms with E-state index in [1.54, 1.807) is 22.9 Å². The van der Waals surface area contributed by atoms with E-state index in [0.717, 1.165) is 25.0 Å². The monoisotopic (exact) mass is 284 g/mol. The van der Waals surface area contributed by atoms with Crippen molar-refractivity contribution in [2.75, 3.05) is 6.61 Å². The maximum atomic E-state index is 11.6. The highest BCUT2D eigenvalue weighted by Gasteiger charge is 2.17. The average Bonchev–Trinajstić information content (AvgIpc) is 2.50. The Hall–Kier alpha value is -2.07. The number of pyridine rings is 1. The predicted octanol–water partition coefficient (Wildman–Crippen LogP) is 2.26. The van der Waals surface area contributed by atoms with Crippen molar-refractivity contribution < 1.29 is 4.74 Å². The molecule has 110 valence electrons. The zero-order valence-corrected chi connectivity index (χ0v) is 12.0. The van der Waals surface area contributed by atoms with E-state index in [9.17, 15) is 4.79 Å². The zero-order chi connectivity index (χ0) is 14.7. The molecule has 0 saturated heterocycles. The van der Waals surface area contributed by atoms with Crippen molar-refractivity contribution in [1.82, 2.24) is 4.57 Å². The highest BCUT2D eigenvalue weighted by atomic mass is 16.5. The summed E-state index contributed by atoms with van der Waals surface area (Å²) in [5, 5.41) is 0. The van der Waals surface area contributed by atoms with Crippen LogP contribution in [-0.2, 0) is 13.0 Å². The van der Waals surface area contributed by atoms with Crippen molar-refractivity contribution in [3.8, 4) is 5.75 Å². The zero-order valence-electron chi connectivity index (χ0n) is 12.0. The van der Waals surface area contributed by atoms with Gasteiger partial charge in [0.15, 0.2) is 0 Å². The molecule has 0 spiro atoms. The average molecular weight is 284 g/mol. The number of rotatable bonds is 4. The molecular weight excluding hydrogens is 264 g/mol. The molecule has 0 radical (unpaired) electrons. The molecule has 1 aliphatic carbocycles. The maximum absolute atomic E-state index is 11.6. The normalized spacial score (nSPS) is 17.3. The third kappa shape index (κ3) is 3.16. The van der Waals surface area contributed by atoms with Crippen LogP contribution in [0, 0.1) is 0 Å². The molecule has 0 bridgehead atoms. The quantitative estimate of drug-likeness (QED) is 0.937. The molecule has 0 saturated carbocycles. The van der Waals surface area contributed by atoms with Crippen LogP contribution in [0.3, 0.4) is 0 Å². The molecule has 1 aliphatic rings. The van der Waals surface area contributed by atoms with E-state index < -0.39 is 0 Å². The van der Waals surface area contributed by atoms with E-state index >= 15 is 0 Å². The SMILES string of the molecule is NC1CCCc2ccc(OCCn3ccccc3=O)cc21.